The van der Waals surface area contributed by atoms with Crippen LogP contribution in [0, 0.1) is 0 Å². The minimum absolute atomic E-state index is 0.183. The minimum atomic E-state index is 0.183. The summed E-state index contributed by atoms with van der Waals surface area (Å²) in [5, 5.41) is 3.30. The van der Waals surface area contributed by atoms with Crippen LogP contribution in [-0.2, 0) is 0 Å². The maximum atomic E-state index is 6.09. The van der Waals surface area contributed by atoms with E-state index in [1.165, 1.54) is 6.42 Å². The Morgan fingerprint density at radius 3 is 2.15 bits per heavy atom. The van der Waals surface area contributed by atoms with Crippen molar-refractivity contribution in [1.82, 2.24) is 5.32 Å². The molecule has 0 radical (unpaired) electrons. The topological polar surface area (TPSA) is 49.0 Å². The Morgan fingerprint density at radius 1 is 1.00 bits per heavy atom. The third-order valence-corrected chi connectivity index (χ3v) is 3.75. The molecule has 1 saturated carbocycles. The second-order valence-electron chi connectivity index (χ2n) is 4.84. The molecule has 2 unspecified atom stereocenters. The van der Waals surface area contributed by atoms with Gasteiger partial charge in [0.15, 0.2) is 11.5 Å². The standard InChI is InChI=1S/C15H23NO4/c1-16-11-6-5-7-12(11)20-10-8-13(17-2)15(19-4)14(9-10)18-3/h8-9,11-12,16H,5-7H2,1-4H3. The molecule has 0 aliphatic heterocycles. The molecule has 5 heteroatoms. The highest BCUT2D eigenvalue weighted by atomic mass is 16.5. The molecular weight excluding hydrogens is 258 g/mol. The van der Waals surface area contributed by atoms with Crippen LogP contribution in [0.2, 0.25) is 0 Å². The molecule has 112 valence electrons. The summed E-state index contributed by atoms with van der Waals surface area (Å²) in [6.45, 7) is 0. The summed E-state index contributed by atoms with van der Waals surface area (Å²) in [5.74, 6) is 2.55. The molecule has 1 N–H and O–H groups in total. The van der Waals surface area contributed by atoms with Crippen LogP contribution >= 0.6 is 0 Å². The van der Waals surface area contributed by atoms with Gasteiger partial charge >= 0.3 is 0 Å². The van der Waals surface area contributed by atoms with E-state index in [9.17, 15) is 0 Å². The van der Waals surface area contributed by atoms with Gasteiger partial charge in [-0.05, 0) is 26.3 Å². The third-order valence-electron chi connectivity index (χ3n) is 3.75. The Balaban J connectivity index is 2.23. The first-order chi connectivity index (χ1) is 9.73. The van der Waals surface area contributed by atoms with Crippen molar-refractivity contribution in [1.29, 1.82) is 0 Å². The Hall–Kier alpha value is -1.62. The Bertz CT molecular complexity index is 424. The van der Waals surface area contributed by atoms with Gasteiger partial charge in [0.1, 0.15) is 11.9 Å². The lowest BCUT2D eigenvalue weighted by molar-refractivity contribution is 0.177. The van der Waals surface area contributed by atoms with Crippen LogP contribution in [0.15, 0.2) is 12.1 Å². The molecule has 0 amide bonds. The molecule has 20 heavy (non-hydrogen) atoms. The second kappa shape index (κ2) is 6.70. The van der Waals surface area contributed by atoms with Gasteiger partial charge in [0.2, 0.25) is 5.75 Å². The van der Waals surface area contributed by atoms with E-state index >= 15 is 0 Å². The van der Waals surface area contributed by atoms with Crippen LogP contribution in [0.4, 0.5) is 0 Å². The monoisotopic (exact) mass is 281 g/mol. The number of hydrogen-bond acceptors (Lipinski definition) is 5. The molecule has 2 atom stereocenters. The molecule has 2 rings (SSSR count). The largest absolute Gasteiger partial charge is 0.493 e. The number of hydrogen-bond donors (Lipinski definition) is 1. The fourth-order valence-corrected chi connectivity index (χ4v) is 2.70. The van der Waals surface area contributed by atoms with Crippen molar-refractivity contribution in [3.8, 4) is 23.0 Å². The zero-order chi connectivity index (χ0) is 14.5. The number of likely N-dealkylation sites (N-methyl/N-ethyl adjacent to an activating group) is 1. The molecule has 1 aromatic rings. The van der Waals surface area contributed by atoms with Crippen LogP contribution in [0.1, 0.15) is 19.3 Å². The molecule has 1 fully saturated rings. The van der Waals surface area contributed by atoms with Crippen LogP contribution in [0.3, 0.4) is 0 Å². The Labute approximate surface area is 120 Å². The molecule has 0 spiro atoms. The van der Waals surface area contributed by atoms with Gasteiger partial charge in [-0.2, -0.15) is 0 Å². The smallest absolute Gasteiger partial charge is 0.203 e. The van der Waals surface area contributed by atoms with Crippen LogP contribution in [-0.4, -0.2) is 40.5 Å². The lowest BCUT2D eigenvalue weighted by Crippen LogP contribution is -2.36. The van der Waals surface area contributed by atoms with E-state index in [-0.39, 0.29) is 6.10 Å². The van der Waals surface area contributed by atoms with Crippen molar-refractivity contribution >= 4 is 0 Å². The average Bonchev–Trinajstić information content (AvgIpc) is 2.93. The van der Waals surface area contributed by atoms with Crippen molar-refractivity contribution in [2.75, 3.05) is 28.4 Å². The summed E-state index contributed by atoms with van der Waals surface area (Å²) in [4.78, 5) is 0. The van der Waals surface area contributed by atoms with Gasteiger partial charge in [-0.25, -0.2) is 0 Å². The van der Waals surface area contributed by atoms with Gasteiger partial charge in [-0.1, -0.05) is 0 Å². The zero-order valence-electron chi connectivity index (χ0n) is 12.6. The van der Waals surface area contributed by atoms with Gasteiger partial charge in [-0.3, -0.25) is 0 Å². The van der Waals surface area contributed by atoms with E-state index in [1.54, 1.807) is 21.3 Å². The van der Waals surface area contributed by atoms with E-state index < -0.39 is 0 Å². The van der Waals surface area contributed by atoms with Crippen LogP contribution in [0.5, 0.6) is 23.0 Å². The van der Waals surface area contributed by atoms with Crippen molar-refractivity contribution < 1.29 is 18.9 Å². The minimum Gasteiger partial charge on any atom is -0.493 e. The summed E-state index contributed by atoms with van der Waals surface area (Å²) in [6, 6.07) is 4.08. The normalized spacial score (nSPS) is 21.6. The first-order valence-electron chi connectivity index (χ1n) is 6.87. The predicted octanol–water partition coefficient (Wildman–Crippen LogP) is 2.23. The molecule has 0 aromatic heterocycles. The van der Waals surface area contributed by atoms with Gasteiger partial charge in [0.25, 0.3) is 0 Å². The zero-order valence-corrected chi connectivity index (χ0v) is 12.6. The lowest BCUT2D eigenvalue weighted by Gasteiger charge is -2.22. The molecule has 5 nitrogen and oxygen atoms in total. The molecule has 1 aromatic carbocycles. The molecular formula is C15H23NO4. The fraction of sp³-hybridized carbons (Fsp3) is 0.600. The number of nitrogens with one attached hydrogen (secondary N) is 1. The molecule has 0 saturated heterocycles. The highest BCUT2D eigenvalue weighted by Gasteiger charge is 2.28. The Kier molecular flexibility index (Phi) is 4.95. The number of benzene rings is 1. The van der Waals surface area contributed by atoms with Gasteiger partial charge in [0.05, 0.1) is 21.3 Å². The third kappa shape index (κ3) is 2.93. The number of rotatable bonds is 6. The maximum Gasteiger partial charge on any atom is 0.203 e. The van der Waals surface area contributed by atoms with E-state index in [2.05, 4.69) is 5.32 Å². The summed E-state index contributed by atoms with van der Waals surface area (Å²) in [7, 11) is 6.77. The summed E-state index contributed by atoms with van der Waals surface area (Å²) in [5.41, 5.74) is 0. The molecule has 0 heterocycles. The summed E-state index contributed by atoms with van der Waals surface area (Å²) in [6.07, 6.45) is 3.57. The summed E-state index contributed by atoms with van der Waals surface area (Å²) >= 11 is 0. The van der Waals surface area contributed by atoms with E-state index in [1.807, 2.05) is 19.2 Å². The van der Waals surface area contributed by atoms with Crippen LogP contribution < -0.4 is 24.3 Å². The van der Waals surface area contributed by atoms with Crippen molar-refractivity contribution in [3.05, 3.63) is 12.1 Å². The first-order valence-corrected chi connectivity index (χ1v) is 6.87. The highest BCUT2D eigenvalue weighted by molar-refractivity contribution is 5.55. The van der Waals surface area contributed by atoms with Crippen molar-refractivity contribution in [3.63, 3.8) is 0 Å². The summed E-state index contributed by atoms with van der Waals surface area (Å²) < 4.78 is 22.1. The fourth-order valence-electron chi connectivity index (χ4n) is 2.70. The van der Waals surface area contributed by atoms with E-state index in [4.69, 9.17) is 18.9 Å². The number of methoxy groups -OCH3 is 3. The molecule has 1 aliphatic carbocycles. The highest BCUT2D eigenvalue weighted by Crippen LogP contribution is 2.41. The van der Waals surface area contributed by atoms with Crippen LogP contribution in [0.25, 0.3) is 0 Å². The SMILES string of the molecule is CNC1CCCC1Oc1cc(OC)c(OC)c(OC)c1. The lowest BCUT2D eigenvalue weighted by atomic mass is 10.2. The van der Waals surface area contributed by atoms with Gasteiger partial charge in [0, 0.05) is 18.2 Å². The molecule has 0 bridgehead atoms. The van der Waals surface area contributed by atoms with E-state index in [0.717, 1.165) is 18.6 Å². The van der Waals surface area contributed by atoms with Crippen molar-refractivity contribution in [2.24, 2.45) is 0 Å². The number of ether oxygens (including phenoxy) is 4. The van der Waals surface area contributed by atoms with E-state index in [0.29, 0.717) is 23.3 Å². The second-order valence-corrected chi connectivity index (χ2v) is 4.84. The van der Waals surface area contributed by atoms with Crippen molar-refractivity contribution in [2.45, 2.75) is 31.4 Å². The maximum absolute atomic E-state index is 6.09. The quantitative estimate of drug-likeness (QED) is 0.866. The average molecular weight is 281 g/mol. The Morgan fingerprint density at radius 2 is 1.65 bits per heavy atom. The first kappa shape index (κ1) is 14.8. The molecule has 1 aliphatic rings. The van der Waals surface area contributed by atoms with Gasteiger partial charge < -0.3 is 24.3 Å². The predicted molar refractivity (Wildman–Crippen MR) is 77.2 cm³/mol. The van der Waals surface area contributed by atoms with Gasteiger partial charge in [-0.15, -0.1) is 0 Å².